The number of rotatable bonds is 7. The molecule has 1 rings (SSSR count). The van der Waals surface area contributed by atoms with E-state index >= 15 is 0 Å². The summed E-state index contributed by atoms with van der Waals surface area (Å²) >= 11 is 0. The lowest BCUT2D eigenvalue weighted by molar-refractivity contribution is 0.148. The predicted octanol–water partition coefficient (Wildman–Crippen LogP) is 4.71. The molecule has 0 saturated carbocycles. The zero-order chi connectivity index (χ0) is 13.8. The molecule has 0 aromatic heterocycles. The van der Waals surface area contributed by atoms with Gasteiger partial charge in [-0.1, -0.05) is 62.0 Å². The Morgan fingerprint density at radius 1 is 1.21 bits per heavy atom. The van der Waals surface area contributed by atoms with Gasteiger partial charge >= 0.3 is 0 Å². The minimum atomic E-state index is 0.629. The largest absolute Gasteiger partial charge is 0.373 e. The lowest BCUT2D eigenvalue weighted by Gasteiger charge is -2.04. The number of hydrogen-bond donors (Lipinski definition) is 0. The van der Waals surface area contributed by atoms with Crippen LogP contribution in [0.5, 0.6) is 0 Å². The van der Waals surface area contributed by atoms with Crippen molar-refractivity contribution in [2.45, 2.75) is 46.1 Å². The van der Waals surface area contributed by atoms with Crippen LogP contribution in [-0.4, -0.2) is 6.61 Å². The molecule has 0 heterocycles. The van der Waals surface area contributed by atoms with Gasteiger partial charge in [0, 0.05) is 12.0 Å². The molecule has 0 aliphatic heterocycles. The van der Waals surface area contributed by atoms with Crippen LogP contribution in [0, 0.1) is 11.8 Å². The van der Waals surface area contributed by atoms with Crippen molar-refractivity contribution in [2.24, 2.45) is 0 Å². The number of hydrogen-bond acceptors (Lipinski definition) is 1. The highest BCUT2D eigenvalue weighted by molar-refractivity contribution is 5.40. The number of ether oxygens (including phenoxy) is 1. The van der Waals surface area contributed by atoms with Crippen molar-refractivity contribution >= 4 is 0 Å². The normalized spacial score (nSPS) is 10.4. The van der Waals surface area contributed by atoms with E-state index in [0.717, 1.165) is 12.0 Å². The van der Waals surface area contributed by atoms with E-state index in [0.29, 0.717) is 13.2 Å². The van der Waals surface area contributed by atoms with Crippen molar-refractivity contribution in [1.29, 1.82) is 0 Å². The Bertz CT molecular complexity index is 434. The molecule has 0 aliphatic carbocycles. The Morgan fingerprint density at radius 3 is 2.84 bits per heavy atom. The van der Waals surface area contributed by atoms with Gasteiger partial charge in [0.15, 0.2) is 0 Å². The van der Waals surface area contributed by atoms with Gasteiger partial charge in [-0.3, -0.25) is 0 Å². The molecule has 0 N–H and O–H groups in total. The van der Waals surface area contributed by atoms with E-state index in [1.807, 2.05) is 31.2 Å². The molecular formula is C18H24O. The fourth-order valence-corrected chi connectivity index (χ4v) is 1.72. The van der Waals surface area contributed by atoms with E-state index < -0.39 is 0 Å². The van der Waals surface area contributed by atoms with Crippen LogP contribution in [0.15, 0.2) is 36.4 Å². The number of unbranched alkanes of at least 4 members (excludes halogenated alkanes) is 3. The van der Waals surface area contributed by atoms with Crippen LogP contribution < -0.4 is 0 Å². The van der Waals surface area contributed by atoms with Crippen molar-refractivity contribution in [3.63, 3.8) is 0 Å². The third-order valence-electron chi connectivity index (χ3n) is 2.85. The molecule has 1 aromatic rings. The minimum absolute atomic E-state index is 0.629. The Kier molecular flexibility index (Phi) is 8.51. The number of benzene rings is 1. The van der Waals surface area contributed by atoms with Gasteiger partial charge < -0.3 is 4.74 Å². The highest BCUT2D eigenvalue weighted by Gasteiger charge is 1.98. The molecule has 0 spiro atoms. The molecule has 1 nitrogen and oxygen atoms in total. The Balaban J connectivity index is 2.52. The molecule has 102 valence electrons. The molecule has 1 heteroatoms. The van der Waals surface area contributed by atoms with E-state index in [1.54, 1.807) is 0 Å². The maximum atomic E-state index is 5.59. The molecule has 19 heavy (non-hydrogen) atoms. The molecular weight excluding hydrogens is 232 g/mol. The van der Waals surface area contributed by atoms with E-state index in [9.17, 15) is 0 Å². The standard InChI is InChI=1S/C18H24O/c1-3-5-7-8-9-12-17-13-10-11-14-18(17)16-19-15-6-4-2/h4,6,10-11,13-14H,3,5,7-8,15-16H2,1-2H3/b6-4+. The quantitative estimate of drug-likeness (QED) is 0.390. The molecule has 0 saturated heterocycles. The van der Waals surface area contributed by atoms with Crippen LogP contribution in [0.3, 0.4) is 0 Å². The maximum Gasteiger partial charge on any atom is 0.0733 e. The Morgan fingerprint density at radius 2 is 2.05 bits per heavy atom. The third kappa shape index (κ3) is 6.84. The Labute approximate surface area is 117 Å². The van der Waals surface area contributed by atoms with Crippen LogP contribution in [-0.2, 0) is 11.3 Å². The summed E-state index contributed by atoms with van der Waals surface area (Å²) in [5, 5.41) is 0. The summed E-state index contributed by atoms with van der Waals surface area (Å²) in [6.07, 6.45) is 8.71. The summed E-state index contributed by atoms with van der Waals surface area (Å²) in [4.78, 5) is 0. The topological polar surface area (TPSA) is 9.23 Å². The first-order chi connectivity index (χ1) is 9.38. The van der Waals surface area contributed by atoms with Gasteiger partial charge in [-0.25, -0.2) is 0 Å². The molecule has 1 aromatic carbocycles. The zero-order valence-electron chi connectivity index (χ0n) is 12.1. The first-order valence-electron chi connectivity index (χ1n) is 7.14. The van der Waals surface area contributed by atoms with Gasteiger partial charge in [0.2, 0.25) is 0 Å². The highest BCUT2D eigenvalue weighted by atomic mass is 16.5. The van der Waals surface area contributed by atoms with Crippen LogP contribution >= 0.6 is 0 Å². The summed E-state index contributed by atoms with van der Waals surface area (Å²) in [5.74, 6) is 6.52. The summed E-state index contributed by atoms with van der Waals surface area (Å²) in [6.45, 7) is 5.50. The van der Waals surface area contributed by atoms with Crippen LogP contribution in [0.25, 0.3) is 0 Å². The average molecular weight is 256 g/mol. The van der Waals surface area contributed by atoms with E-state index in [-0.39, 0.29) is 0 Å². The average Bonchev–Trinajstić information content (AvgIpc) is 2.45. The molecule has 0 bridgehead atoms. The zero-order valence-corrected chi connectivity index (χ0v) is 12.1. The second kappa shape index (κ2) is 10.4. The third-order valence-corrected chi connectivity index (χ3v) is 2.85. The molecule has 0 atom stereocenters. The Hall–Kier alpha value is -1.52. The summed E-state index contributed by atoms with van der Waals surface area (Å²) in [6, 6.07) is 8.23. The van der Waals surface area contributed by atoms with Crippen LogP contribution in [0.1, 0.15) is 50.7 Å². The van der Waals surface area contributed by atoms with Gasteiger partial charge in [-0.2, -0.15) is 0 Å². The molecule has 0 fully saturated rings. The van der Waals surface area contributed by atoms with Crippen molar-refractivity contribution < 1.29 is 4.74 Å². The van der Waals surface area contributed by atoms with Gasteiger partial charge in [-0.05, 0) is 25.0 Å². The fourth-order valence-electron chi connectivity index (χ4n) is 1.72. The second-order valence-electron chi connectivity index (χ2n) is 4.50. The van der Waals surface area contributed by atoms with Gasteiger partial charge in [0.05, 0.1) is 13.2 Å². The molecule has 0 unspecified atom stereocenters. The van der Waals surface area contributed by atoms with Gasteiger partial charge in [0.1, 0.15) is 0 Å². The van der Waals surface area contributed by atoms with Crippen molar-refractivity contribution in [3.05, 3.63) is 47.5 Å². The van der Waals surface area contributed by atoms with E-state index in [2.05, 4.69) is 30.9 Å². The summed E-state index contributed by atoms with van der Waals surface area (Å²) < 4.78 is 5.59. The SMILES string of the molecule is C/C=C/COCc1ccccc1C#CCCCCC. The van der Waals surface area contributed by atoms with Crippen molar-refractivity contribution in [3.8, 4) is 11.8 Å². The minimum Gasteiger partial charge on any atom is -0.373 e. The predicted molar refractivity (Wildman–Crippen MR) is 81.9 cm³/mol. The monoisotopic (exact) mass is 256 g/mol. The van der Waals surface area contributed by atoms with Crippen LogP contribution in [0.4, 0.5) is 0 Å². The maximum absolute atomic E-state index is 5.59. The van der Waals surface area contributed by atoms with E-state index in [1.165, 1.54) is 24.8 Å². The first kappa shape index (κ1) is 15.5. The van der Waals surface area contributed by atoms with Crippen molar-refractivity contribution in [2.75, 3.05) is 6.61 Å². The second-order valence-corrected chi connectivity index (χ2v) is 4.50. The van der Waals surface area contributed by atoms with Gasteiger partial charge in [0.25, 0.3) is 0 Å². The highest BCUT2D eigenvalue weighted by Crippen LogP contribution is 2.09. The van der Waals surface area contributed by atoms with Crippen LogP contribution in [0.2, 0.25) is 0 Å². The lowest BCUT2D eigenvalue weighted by atomic mass is 10.1. The van der Waals surface area contributed by atoms with Crippen molar-refractivity contribution in [1.82, 2.24) is 0 Å². The fraction of sp³-hybridized carbons (Fsp3) is 0.444. The first-order valence-corrected chi connectivity index (χ1v) is 7.14. The molecule has 0 aliphatic rings. The van der Waals surface area contributed by atoms with E-state index in [4.69, 9.17) is 4.74 Å². The number of allylic oxidation sites excluding steroid dienone is 1. The summed E-state index contributed by atoms with van der Waals surface area (Å²) in [7, 11) is 0. The van der Waals surface area contributed by atoms with Gasteiger partial charge in [-0.15, -0.1) is 0 Å². The summed E-state index contributed by atoms with van der Waals surface area (Å²) in [5.41, 5.74) is 2.27. The smallest absolute Gasteiger partial charge is 0.0733 e. The lowest BCUT2D eigenvalue weighted by Crippen LogP contribution is -1.95. The molecule has 0 radical (unpaired) electrons. The molecule has 0 amide bonds.